The van der Waals surface area contributed by atoms with Crippen LogP contribution in [0.15, 0.2) is 53.5 Å². The van der Waals surface area contributed by atoms with Crippen molar-refractivity contribution in [2.45, 2.75) is 13.0 Å². The lowest BCUT2D eigenvalue weighted by Gasteiger charge is -2.13. The molecule has 0 saturated heterocycles. The van der Waals surface area contributed by atoms with Crippen molar-refractivity contribution in [2.24, 2.45) is 0 Å². The SMILES string of the molecule is CC(CO)NC(=O)c1cc(-c2ccc(Cl)cn2)nn(-c2cccc(F)c2)c1=O. The number of halogens is 2. The largest absolute Gasteiger partial charge is 0.394 e. The van der Waals surface area contributed by atoms with Gasteiger partial charge in [-0.3, -0.25) is 14.6 Å². The molecule has 2 aromatic heterocycles. The lowest BCUT2D eigenvalue weighted by molar-refractivity contribution is 0.0920. The monoisotopic (exact) mass is 402 g/mol. The summed E-state index contributed by atoms with van der Waals surface area (Å²) < 4.78 is 14.6. The van der Waals surface area contributed by atoms with Crippen LogP contribution in [0.3, 0.4) is 0 Å². The van der Waals surface area contributed by atoms with E-state index in [1.165, 1.54) is 30.5 Å². The number of nitrogens with zero attached hydrogens (tertiary/aromatic N) is 3. The summed E-state index contributed by atoms with van der Waals surface area (Å²) in [6.07, 6.45) is 1.41. The number of hydrogen-bond acceptors (Lipinski definition) is 5. The molecule has 1 amide bonds. The van der Waals surface area contributed by atoms with Crippen molar-refractivity contribution < 1.29 is 14.3 Å². The van der Waals surface area contributed by atoms with Crippen LogP contribution >= 0.6 is 11.6 Å². The van der Waals surface area contributed by atoms with E-state index in [2.05, 4.69) is 15.4 Å². The second-order valence-electron chi connectivity index (χ2n) is 6.06. The quantitative estimate of drug-likeness (QED) is 0.682. The third-order valence-corrected chi connectivity index (χ3v) is 4.07. The van der Waals surface area contributed by atoms with Gasteiger partial charge in [0.2, 0.25) is 0 Å². The van der Waals surface area contributed by atoms with Crippen molar-refractivity contribution in [1.29, 1.82) is 0 Å². The fraction of sp³-hybridized carbons (Fsp3) is 0.158. The Bertz CT molecular complexity index is 1070. The molecule has 2 N–H and O–H groups in total. The molecule has 3 rings (SSSR count). The highest BCUT2D eigenvalue weighted by Gasteiger charge is 2.19. The first-order valence-corrected chi connectivity index (χ1v) is 8.71. The molecule has 3 aromatic rings. The Labute approximate surface area is 164 Å². The lowest BCUT2D eigenvalue weighted by atomic mass is 10.1. The summed E-state index contributed by atoms with van der Waals surface area (Å²) in [5.41, 5.74) is -0.191. The van der Waals surface area contributed by atoms with Gasteiger partial charge in [-0.15, -0.1) is 0 Å². The molecule has 0 fully saturated rings. The van der Waals surface area contributed by atoms with Crippen molar-refractivity contribution in [2.75, 3.05) is 6.61 Å². The highest BCUT2D eigenvalue weighted by atomic mass is 35.5. The van der Waals surface area contributed by atoms with Crippen LogP contribution in [0.4, 0.5) is 4.39 Å². The normalized spacial score (nSPS) is 11.9. The van der Waals surface area contributed by atoms with Crippen LogP contribution in [-0.4, -0.2) is 38.4 Å². The Hall–Kier alpha value is -3.10. The summed E-state index contributed by atoms with van der Waals surface area (Å²) >= 11 is 5.86. The van der Waals surface area contributed by atoms with Crippen LogP contribution in [0.25, 0.3) is 17.1 Å². The van der Waals surface area contributed by atoms with Gasteiger partial charge in [-0.2, -0.15) is 9.78 Å². The number of hydrogen-bond donors (Lipinski definition) is 2. The number of carbonyl (C=O) groups excluding carboxylic acids is 1. The topological polar surface area (TPSA) is 97.1 Å². The number of amides is 1. The van der Waals surface area contributed by atoms with Crippen LogP contribution in [-0.2, 0) is 0 Å². The van der Waals surface area contributed by atoms with E-state index >= 15 is 0 Å². The zero-order chi connectivity index (χ0) is 20.3. The van der Waals surface area contributed by atoms with Gasteiger partial charge in [0, 0.05) is 12.2 Å². The molecule has 1 unspecified atom stereocenters. The minimum absolute atomic E-state index is 0.157. The number of carbonyl (C=O) groups is 1. The van der Waals surface area contributed by atoms with Gasteiger partial charge in [0.25, 0.3) is 11.5 Å². The Morgan fingerprint density at radius 3 is 2.71 bits per heavy atom. The zero-order valence-electron chi connectivity index (χ0n) is 14.8. The third kappa shape index (κ3) is 4.24. The van der Waals surface area contributed by atoms with E-state index in [4.69, 9.17) is 16.7 Å². The molecule has 9 heteroatoms. The predicted octanol–water partition coefficient (Wildman–Crippen LogP) is 2.20. The van der Waals surface area contributed by atoms with Crippen LogP contribution in [0.2, 0.25) is 5.02 Å². The molecule has 0 saturated carbocycles. The summed E-state index contributed by atoms with van der Waals surface area (Å²) in [6.45, 7) is 1.30. The Kier molecular flexibility index (Phi) is 5.81. The molecule has 7 nitrogen and oxygen atoms in total. The number of rotatable bonds is 5. The number of aliphatic hydroxyl groups excluding tert-OH is 1. The molecule has 1 aromatic carbocycles. The van der Waals surface area contributed by atoms with E-state index in [1.54, 1.807) is 19.1 Å². The smallest absolute Gasteiger partial charge is 0.284 e. The average Bonchev–Trinajstić information content (AvgIpc) is 2.68. The second-order valence-corrected chi connectivity index (χ2v) is 6.50. The standard InChI is InChI=1S/C19H16ClFN4O3/c1-11(10-26)23-18(27)15-8-17(16-6-5-12(20)9-22-16)24-25(19(15)28)14-4-2-3-13(21)7-14/h2-9,11,26H,10H2,1H3,(H,23,27). The summed E-state index contributed by atoms with van der Waals surface area (Å²) in [5.74, 6) is -1.24. The zero-order valence-corrected chi connectivity index (χ0v) is 15.5. The van der Waals surface area contributed by atoms with Gasteiger partial charge < -0.3 is 10.4 Å². The first kappa shape index (κ1) is 19.7. The minimum atomic E-state index is -0.731. The number of aromatic nitrogens is 3. The van der Waals surface area contributed by atoms with Crippen LogP contribution in [0, 0.1) is 5.82 Å². The Morgan fingerprint density at radius 1 is 1.29 bits per heavy atom. The second kappa shape index (κ2) is 8.28. The number of nitrogens with one attached hydrogen (secondary N) is 1. The van der Waals surface area contributed by atoms with E-state index in [9.17, 15) is 14.0 Å². The highest BCUT2D eigenvalue weighted by Crippen LogP contribution is 2.18. The van der Waals surface area contributed by atoms with Gasteiger partial charge >= 0.3 is 0 Å². The molecular weight excluding hydrogens is 387 g/mol. The van der Waals surface area contributed by atoms with Gasteiger partial charge in [-0.25, -0.2) is 4.39 Å². The minimum Gasteiger partial charge on any atom is -0.394 e. The number of aliphatic hydroxyl groups is 1. The molecule has 0 bridgehead atoms. The van der Waals surface area contributed by atoms with E-state index in [0.29, 0.717) is 10.7 Å². The van der Waals surface area contributed by atoms with Crippen LogP contribution in [0.1, 0.15) is 17.3 Å². The molecule has 0 radical (unpaired) electrons. The summed E-state index contributed by atoms with van der Waals surface area (Å²) in [5, 5.41) is 16.3. The maximum absolute atomic E-state index is 13.7. The van der Waals surface area contributed by atoms with Crippen molar-refractivity contribution in [1.82, 2.24) is 20.1 Å². The molecule has 0 aliphatic rings. The summed E-state index contributed by atoms with van der Waals surface area (Å²) in [4.78, 5) is 29.5. The molecule has 2 heterocycles. The number of pyridine rings is 1. The summed E-state index contributed by atoms with van der Waals surface area (Å²) in [6, 6.07) is 9.21. The molecule has 0 spiro atoms. The van der Waals surface area contributed by atoms with Crippen molar-refractivity contribution in [3.05, 3.63) is 75.4 Å². The van der Waals surface area contributed by atoms with E-state index in [-0.39, 0.29) is 23.6 Å². The van der Waals surface area contributed by atoms with Crippen molar-refractivity contribution in [3.8, 4) is 17.1 Å². The van der Waals surface area contributed by atoms with E-state index < -0.39 is 23.3 Å². The molecular formula is C19H16ClFN4O3. The molecule has 0 aliphatic carbocycles. The Morgan fingerprint density at radius 2 is 2.07 bits per heavy atom. The maximum atomic E-state index is 13.7. The van der Waals surface area contributed by atoms with Crippen molar-refractivity contribution >= 4 is 17.5 Å². The van der Waals surface area contributed by atoms with E-state index in [1.807, 2.05) is 0 Å². The van der Waals surface area contributed by atoms with Gasteiger partial charge in [0.05, 0.1) is 23.0 Å². The van der Waals surface area contributed by atoms with Crippen LogP contribution < -0.4 is 10.9 Å². The highest BCUT2D eigenvalue weighted by molar-refractivity contribution is 6.30. The first-order chi connectivity index (χ1) is 13.4. The third-order valence-electron chi connectivity index (χ3n) is 3.85. The predicted molar refractivity (Wildman–Crippen MR) is 102 cm³/mol. The lowest BCUT2D eigenvalue weighted by Crippen LogP contribution is -2.39. The van der Waals surface area contributed by atoms with Gasteiger partial charge in [0.15, 0.2) is 0 Å². The Balaban J connectivity index is 2.19. The van der Waals surface area contributed by atoms with Gasteiger partial charge in [0.1, 0.15) is 17.1 Å². The fourth-order valence-corrected chi connectivity index (χ4v) is 2.55. The van der Waals surface area contributed by atoms with Gasteiger partial charge in [-0.1, -0.05) is 17.7 Å². The van der Waals surface area contributed by atoms with Gasteiger partial charge in [-0.05, 0) is 43.3 Å². The molecule has 28 heavy (non-hydrogen) atoms. The summed E-state index contributed by atoms with van der Waals surface area (Å²) in [7, 11) is 0. The molecule has 1 atom stereocenters. The van der Waals surface area contributed by atoms with E-state index in [0.717, 1.165) is 10.7 Å². The molecule has 144 valence electrons. The average molecular weight is 403 g/mol. The number of benzene rings is 1. The van der Waals surface area contributed by atoms with Crippen molar-refractivity contribution in [3.63, 3.8) is 0 Å². The van der Waals surface area contributed by atoms with Crippen LogP contribution in [0.5, 0.6) is 0 Å². The maximum Gasteiger partial charge on any atom is 0.284 e. The fourth-order valence-electron chi connectivity index (χ4n) is 2.44. The first-order valence-electron chi connectivity index (χ1n) is 8.33. The molecule has 0 aliphatic heterocycles.